The number of aromatic nitrogens is 2. The Hall–Kier alpha value is -2.95. The lowest BCUT2D eigenvalue weighted by atomic mass is 10.0. The molecule has 0 aliphatic rings. The molecule has 0 aliphatic carbocycles. The smallest absolute Gasteiger partial charge is 0.272 e. The fourth-order valence-electron chi connectivity index (χ4n) is 2.69. The predicted molar refractivity (Wildman–Crippen MR) is 93.9 cm³/mol. The van der Waals surface area contributed by atoms with Crippen molar-refractivity contribution in [3.05, 3.63) is 76.2 Å². The van der Waals surface area contributed by atoms with Crippen LogP contribution in [0.1, 0.15) is 24.1 Å². The second-order valence-electron chi connectivity index (χ2n) is 5.84. The molecule has 5 heteroatoms. The molecule has 1 heterocycles. The average molecular weight is 321 g/mol. The van der Waals surface area contributed by atoms with E-state index in [1.54, 1.807) is 12.1 Å². The molecule has 3 rings (SSSR count). The van der Waals surface area contributed by atoms with Crippen LogP contribution in [0.3, 0.4) is 0 Å². The standard InChI is InChI=1S/C19H19N3O2/c1-13(14-7-3-2-4-8-14)12-20-18(23)11-17-15-9-5-6-10-16(15)19(24)22-21-17/h2-10,13H,11-12H2,1H3,(H,20,23)(H,22,24)/t13-/m1/s1. The quantitative estimate of drug-likeness (QED) is 0.757. The van der Waals surface area contributed by atoms with E-state index in [0.29, 0.717) is 23.0 Å². The van der Waals surface area contributed by atoms with Crippen molar-refractivity contribution in [2.45, 2.75) is 19.3 Å². The summed E-state index contributed by atoms with van der Waals surface area (Å²) in [5, 5.41) is 10.7. The topological polar surface area (TPSA) is 74.8 Å². The molecule has 5 nitrogen and oxygen atoms in total. The van der Waals surface area contributed by atoms with Crippen molar-refractivity contribution in [3.8, 4) is 0 Å². The molecule has 0 saturated heterocycles. The summed E-state index contributed by atoms with van der Waals surface area (Å²) in [4.78, 5) is 24.0. The van der Waals surface area contributed by atoms with E-state index >= 15 is 0 Å². The number of amides is 1. The fraction of sp³-hybridized carbons (Fsp3) is 0.211. The zero-order chi connectivity index (χ0) is 16.9. The lowest BCUT2D eigenvalue weighted by Crippen LogP contribution is -2.29. The SMILES string of the molecule is C[C@H](CNC(=O)Cc1n[nH]c(=O)c2ccccc12)c1ccccc1. The third-order valence-corrected chi connectivity index (χ3v) is 4.08. The Morgan fingerprint density at radius 1 is 1.08 bits per heavy atom. The number of hydrogen-bond donors (Lipinski definition) is 2. The van der Waals surface area contributed by atoms with Crippen LogP contribution in [0.25, 0.3) is 10.8 Å². The van der Waals surface area contributed by atoms with Crippen LogP contribution < -0.4 is 10.9 Å². The van der Waals surface area contributed by atoms with E-state index in [2.05, 4.69) is 22.4 Å². The molecule has 2 N–H and O–H groups in total. The van der Waals surface area contributed by atoms with E-state index in [1.807, 2.05) is 42.5 Å². The van der Waals surface area contributed by atoms with Crippen LogP contribution in [0.2, 0.25) is 0 Å². The molecule has 122 valence electrons. The molecule has 0 radical (unpaired) electrons. The minimum atomic E-state index is -0.243. The third-order valence-electron chi connectivity index (χ3n) is 4.08. The van der Waals surface area contributed by atoms with Crippen LogP contribution in [0.4, 0.5) is 0 Å². The summed E-state index contributed by atoms with van der Waals surface area (Å²) in [6.45, 7) is 2.63. The number of rotatable bonds is 5. The van der Waals surface area contributed by atoms with Crippen LogP contribution >= 0.6 is 0 Å². The Balaban J connectivity index is 1.68. The zero-order valence-corrected chi connectivity index (χ0v) is 13.5. The number of H-pyrrole nitrogens is 1. The average Bonchev–Trinajstić information content (AvgIpc) is 2.63. The van der Waals surface area contributed by atoms with Crippen molar-refractivity contribution in [1.82, 2.24) is 15.5 Å². The molecule has 2 aromatic carbocycles. The molecule has 0 spiro atoms. The van der Waals surface area contributed by atoms with Crippen LogP contribution in [0.5, 0.6) is 0 Å². The molecule has 1 atom stereocenters. The lowest BCUT2D eigenvalue weighted by molar-refractivity contribution is -0.120. The van der Waals surface area contributed by atoms with Gasteiger partial charge in [-0.25, -0.2) is 5.10 Å². The third kappa shape index (κ3) is 3.51. The van der Waals surface area contributed by atoms with Crippen molar-refractivity contribution >= 4 is 16.7 Å². The largest absolute Gasteiger partial charge is 0.355 e. The first-order valence-electron chi connectivity index (χ1n) is 7.93. The monoisotopic (exact) mass is 321 g/mol. The van der Waals surface area contributed by atoms with Gasteiger partial charge < -0.3 is 5.32 Å². The summed E-state index contributed by atoms with van der Waals surface area (Å²) in [7, 11) is 0. The molecule has 0 fully saturated rings. The van der Waals surface area contributed by atoms with Gasteiger partial charge in [0.1, 0.15) is 0 Å². The molecular weight excluding hydrogens is 302 g/mol. The summed E-state index contributed by atoms with van der Waals surface area (Å²) >= 11 is 0. The first kappa shape index (κ1) is 15.9. The first-order valence-corrected chi connectivity index (χ1v) is 7.93. The second kappa shape index (κ2) is 7.08. The second-order valence-corrected chi connectivity index (χ2v) is 5.84. The van der Waals surface area contributed by atoms with E-state index in [0.717, 1.165) is 0 Å². The van der Waals surface area contributed by atoms with Gasteiger partial charge in [-0.15, -0.1) is 0 Å². The van der Waals surface area contributed by atoms with Crippen molar-refractivity contribution in [3.63, 3.8) is 0 Å². The molecule has 1 aromatic heterocycles. The van der Waals surface area contributed by atoms with Crippen molar-refractivity contribution in [2.75, 3.05) is 6.54 Å². The maximum atomic E-state index is 12.2. The highest BCUT2D eigenvalue weighted by molar-refractivity contribution is 5.88. The van der Waals surface area contributed by atoms with Gasteiger partial charge in [-0.05, 0) is 17.5 Å². The summed E-state index contributed by atoms with van der Waals surface area (Å²) in [6, 6.07) is 17.2. The van der Waals surface area contributed by atoms with Crippen molar-refractivity contribution in [1.29, 1.82) is 0 Å². The van der Waals surface area contributed by atoms with Gasteiger partial charge in [-0.3, -0.25) is 9.59 Å². The Labute approximate surface area is 139 Å². The van der Waals surface area contributed by atoms with Gasteiger partial charge in [0.15, 0.2) is 0 Å². The van der Waals surface area contributed by atoms with Gasteiger partial charge in [-0.2, -0.15) is 5.10 Å². The highest BCUT2D eigenvalue weighted by atomic mass is 16.1. The number of fused-ring (bicyclic) bond motifs is 1. The van der Waals surface area contributed by atoms with E-state index in [4.69, 9.17) is 0 Å². The number of nitrogens with one attached hydrogen (secondary N) is 2. The molecular formula is C19H19N3O2. The van der Waals surface area contributed by atoms with Gasteiger partial charge >= 0.3 is 0 Å². The van der Waals surface area contributed by atoms with Crippen LogP contribution in [0.15, 0.2) is 59.4 Å². The molecule has 0 aliphatic heterocycles. The van der Waals surface area contributed by atoms with Gasteiger partial charge in [0, 0.05) is 11.9 Å². The van der Waals surface area contributed by atoms with Crippen LogP contribution in [0, 0.1) is 0 Å². The highest BCUT2D eigenvalue weighted by Gasteiger charge is 2.12. The van der Waals surface area contributed by atoms with E-state index in [9.17, 15) is 9.59 Å². The molecule has 3 aromatic rings. The van der Waals surface area contributed by atoms with Crippen LogP contribution in [-0.2, 0) is 11.2 Å². The lowest BCUT2D eigenvalue weighted by Gasteiger charge is -2.13. The maximum Gasteiger partial charge on any atom is 0.272 e. The molecule has 0 bridgehead atoms. The number of hydrogen-bond acceptors (Lipinski definition) is 3. The van der Waals surface area contributed by atoms with Gasteiger partial charge in [-0.1, -0.05) is 55.5 Å². The number of benzene rings is 2. The van der Waals surface area contributed by atoms with Gasteiger partial charge in [0.05, 0.1) is 17.5 Å². The normalized spacial score (nSPS) is 12.0. The van der Waals surface area contributed by atoms with E-state index < -0.39 is 0 Å². The number of carbonyl (C=O) groups is 1. The number of nitrogens with zero attached hydrogens (tertiary/aromatic N) is 1. The van der Waals surface area contributed by atoms with E-state index in [-0.39, 0.29) is 23.8 Å². The van der Waals surface area contributed by atoms with Gasteiger partial charge in [0.25, 0.3) is 5.56 Å². The molecule has 0 unspecified atom stereocenters. The van der Waals surface area contributed by atoms with E-state index in [1.165, 1.54) is 5.56 Å². The minimum absolute atomic E-state index is 0.109. The molecule has 24 heavy (non-hydrogen) atoms. The van der Waals surface area contributed by atoms with Crippen molar-refractivity contribution in [2.24, 2.45) is 0 Å². The van der Waals surface area contributed by atoms with Crippen molar-refractivity contribution < 1.29 is 4.79 Å². The summed E-state index contributed by atoms with van der Waals surface area (Å²) in [5.41, 5.74) is 1.52. The number of aromatic amines is 1. The Bertz CT molecular complexity index is 903. The Morgan fingerprint density at radius 2 is 1.75 bits per heavy atom. The minimum Gasteiger partial charge on any atom is -0.355 e. The Kier molecular flexibility index (Phi) is 4.70. The summed E-state index contributed by atoms with van der Waals surface area (Å²) < 4.78 is 0. The maximum absolute atomic E-state index is 12.2. The first-order chi connectivity index (χ1) is 11.6. The highest BCUT2D eigenvalue weighted by Crippen LogP contribution is 2.14. The fourth-order valence-corrected chi connectivity index (χ4v) is 2.69. The summed E-state index contributed by atoms with van der Waals surface area (Å²) in [6.07, 6.45) is 0.138. The van der Waals surface area contributed by atoms with Crippen LogP contribution in [-0.4, -0.2) is 22.6 Å². The summed E-state index contributed by atoms with van der Waals surface area (Å²) in [5.74, 6) is 0.123. The zero-order valence-electron chi connectivity index (χ0n) is 13.5. The van der Waals surface area contributed by atoms with Gasteiger partial charge in [0.2, 0.25) is 5.91 Å². The predicted octanol–water partition coefficient (Wildman–Crippen LogP) is 2.39. The molecule has 0 saturated carbocycles. The number of carbonyl (C=O) groups excluding carboxylic acids is 1. The molecule has 1 amide bonds. The Morgan fingerprint density at radius 3 is 2.50 bits per heavy atom.